The molecule has 0 spiro atoms. The molecule has 6 heteroatoms. The first-order valence-electron chi connectivity index (χ1n) is 6.65. The quantitative estimate of drug-likeness (QED) is 0.796. The van der Waals surface area contributed by atoms with E-state index in [1.165, 1.54) is 0 Å². The van der Waals surface area contributed by atoms with Gasteiger partial charge in [-0.25, -0.2) is 0 Å². The summed E-state index contributed by atoms with van der Waals surface area (Å²) in [6.45, 7) is 7.35. The van der Waals surface area contributed by atoms with Crippen molar-refractivity contribution >= 4 is 5.91 Å². The topological polar surface area (TPSA) is 72.5 Å². The van der Waals surface area contributed by atoms with Crippen LogP contribution in [0.5, 0.6) is 0 Å². The van der Waals surface area contributed by atoms with Crippen LogP contribution in [0.2, 0.25) is 0 Å². The number of amides is 1. The van der Waals surface area contributed by atoms with Crippen molar-refractivity contribution < 1.29 is 9.90 Å². The molecule has 1 fully saturated rings. The zero-order valence-electron chi connectivity index (χ0n) is 11.6. The van der Waals surface area contributed by atoms with Crippen LogP contribution in [0.15, 0.2) is 12.3 Å². The Morgan fingerprint density at radius 2 is 2.11 bits per heavy atom. The van der Waals surface area contributed by atoms with Gasteiger partial charge in [0, 0.05) is 44.6 Å². The molecule has 0 atom stereocenters. The molecule has 0 bridgehead atoms. The van der Waals surface area contributed by atoms with Gasteiger partial charge in [0.15, 0.2) is 0 Å². The molecule has 106 valence electrons. The summed E-state index contributed by atoms with van der Waals surface area (Å²) in [5.41, 5.74) is 0.172. The molecule has 2 heterocycles. The van der Waals surface area contributed by atoms with Crippen LogP contribution in [0.4, 0.5) is 0 Å². The number of carbonyl (C=O) groups excluding carboxylic acids is 1. The highest BCUT2D eigenvalue weighted by Gasteiger charge is 2.24. The predicted octanol–water partition coefficient (Wildman–Crippen LogP) is -0.133. The number of aliphatic hydroxyl groups is 1. The van der Waals surface area contributed by atoms with Crippen LogP contribution in [0.3, 0.4) is 0 Å². The summed E-state index contributed by atoms with van der Waals surface area (Å²) in [6.07, 6.45) is 2.04. The standard InChI is InChI=1S/C13H22N4O2/c1-13(2,19)10-16-5-7-17(8-6-16)12(18)9-11-3-4-14-15-11/h3-4,19H,5-10H2,1-2H3,(H,14,15). The Bertz CT molecular complexity index is 403. The summed E-state index contributed by atoms with van der Waals surface area (Å²) in [4.78, 5) is 16.1. The number of rotatable bonds is 4. The van der Waals surface area contributed by atoms with Gasteiger partial charge in [-0.15, -0.1) is 0 Å². The number of hydrogen-bond donors (Lipinski definition) is 2. The maximum Gasteiger partial charge on any atom is 0.228 e. The van der Waals surface area contributed by atoms with Crippen molar-refractivity contribution in [3.63, 3.8) is 0 Å². The summed E-state index contributed by atoms with van der Waals surface area (Å²) in [6, 6.07) is 1.82. The van der Waals surface area contributed by atoms with E-state index in [-0.39, 0.29) is 5.91 Å². The number of hydrogen-bond acceptors (Lipinski definition) is 4. The van der Waals surface area contributed by atoms with E-state index in [1.54, 1.807) is 6.20 Å². The van der Waals surface area contributed by atoms with Crippen LogP contribution < -0.4 is 0 Å². The molecule has 6 nitrogen and oxygen atoms in total. The number of β-amino-alcohol motifs (C(OH)–C–C–N with tert-alkyl or cyclic N) is 1. The zero-order chi connectivity index (χ0) is 13.9. The summed E-state index contributed by atoms with van der Waals surface area (Å²) in [5, 5.41) is 16.4. The molecule has 19 heavy (non-hydrogen) atoms. The van der Waals surface area contributed by atoms with Gasteiger partial charge in [0.2, 0.25) is 5.91 Å². The molecule has 0 unspecified atom stereocenters. The van der Waals surface area contributed by atoms with Crippen LogP contribution in [0.1, 0.15) is 19.5 Å². The largest absolute Gasteiger partial charge is 0.389 e. The van der Waals surface area contributed by atoms with E-state index < -0.39 is 5.60 Å². The minimum absolute atomic E-state index is 0.132. The van der Waals surface area contributed by atoms with E-state index in [0.29, 0.717) is 13.0 Å². The maximum absolute atomic E-state index is 12.1. The van der Waals surface area contributed by atoms with Gasteiger partial charge in [0.05, 0.1) is 12.0 Å². The highest BCUT2D eigenvalue weighted by atomic mass is 16.3. The van der Waals surface area contributed by atoms with E-state index in [1.807, 2.05) is 24.8 Å². The third-order valence-corrected chi connectivity index (χ3v) is 3.24. The molecule has 1 aliphatic heterocycles. The van der Waals surface area contributed by atoms with Crippen molar-refractivity contribution in [1.29, 1.82) is 0 Å². The lowest BCUT2D eigenvalue weighted by Crippen LogP contribution is -2.52. The van der Waals surface area contributed by atoms with E-state index in [4.69, 9.17) is 0 Å². The highest BCUT2D eigenvalue weighted by Crippen LogP contribution is 2.09. The Balaban J connectivity index is 1.78. The second kappa shape index (κ2) is 5.71. The Hall–Kier alpha value is -1.40. The van der Waals surface area contributed by atoms with E-state index >= 15 is 0 Å². The highest BCUT2D eigenvalue weighted by molar-refractivity contribution is 5.78. The molecule has 1 aliphatic rings. The van der Waals surface area contributed by atoms with Gasteiger partial charge in [-0.05, 0) is 19.9 Å². The van der Waals surface area contributed by atoms with Gasteiger partial charge in [-0.3, -0.25) is 14.8 Å². The summed E-state index contributed by atoms with van der Waals surface area (Å²) < 4.78 is 0. The molecule has 0 radical (unpaired) electrons. The van der Waals surface area contributed by atoms with Crippen molar-refractivity contribution in [2.45, 2.75) is 25.9 Å². The number of aromatic nitrogens is 2. The minimum Gasteiger partial charge on any atom is -0.389 e. The van der Waals surface area contributed by atoms with E-state index in [2.05, 4.69) is 15.1 Å². The number of aromatic amines is 1. The fourth-order valence-electron chi connectivity index (χ4n) is 2.36. The van der Waals surface area contributed by atoms with E-state index in [9.17, 15) is 9.90 Å². The average molecular weight is 266 g/mol. The average Bonchev–Trinajstić information content (AvgIpc) is 2.80. The van der Waals surface area contributed by atoms with Gasteiger partial charge < -0.3 is 10.0 Å². The Kier molecular flexibility index (Phi) is 4.21. The second-order valence-corrected chi connectivity index (χ2v) is 5.73. The van der Waals surface area contributed by atoms with Gasteiger partial charge in [0.25, 0.3) is 0 Å². The second-order valence-electron chi connectivity index (χ2n) is 5.73. The smallest absolute Gasteiger partial charge is 0.228 e. The van der Waals surface area contributed by atoms with E-state index in [0.717, 1.165) is 31.9 Å². The number of nitrogens with one attached hydrogen (secondary N) is 1. The lowest BCUT2D eigenvalue weighted by molar-refractivity contribution is -0.132. The minimum atomic E-state index is -0.678. The molecule has 2 N–H and O–H groups in total. The number of H-pyrrole nitrogens is 1. The van der Waals surface area contributed by atoms with Crippen LogP contribution in [0.25, 0.3) is 0 Å². The third kappa shape index (κ3) is 4.33. The zero-order valence-corrected chi connectivity index (χ0v) is 11.6. The fourth-order valence-corrected chi connectivity index (χ4v) is 2.36. The molecule has 1 saturated heterocycles. The van der Waals surface area contributed by atoms with Crippen molar-refractivity contribution in [1.82, 2.24) is 20.0 Å². The number of nitrogens with zero attached hydrogens (tertiary/aromatic N) is 3. The molecular formula is C13H22N4O2. The fraction of sp³-hybridized carbons (Fsp3) is 0.692. The van der Waals surface area contributed by atoms with Crippen molar-refractivity contribution in [3.05, 3.63) is 18.0 Å². The molecule has 1 aromatic rings. The molecule has 1 amide bonds. The van der Waals surface area contributed by atoms with Gasteiger partial charge in [0.1, 0.15) is 0 Å². The van der Waals surface area contributed by atoms with Gasteiger partial charge in [-0.1, -0.05) is 0 Å². The number of carbonyl (C=O) groups is 1. The Morgan fingerprint density at radius 3 is 2.63 bits per heavy atom. The lowest BCUT2D eigenvalue weighted by Gasteiger charge is -2.37. The molecule has 0 saturated carbocycles. The van der Waals surface area contributed by atoms with Crippen molar-refractivity contribution in [2.75, 3.05) is 32.7 Å². The summed E-state index contributed by atoms with van der Waals surface area (Å²) in [7, 11) is 0. The van der Waals surface area contributed by atoms with Crippen LogP contribution in [-0.4, -0.2) is 69.3 Å². The van der Waals surface area contributed by atoms with Crippen molar-refractivity contribution in [3.8, 4) is 0 Å². The summed E-state index contributed by atoms with van der Waals surface area (Å²) in [5.74, 6) is 0.132. The van der Waals surface area contributed by atoms with Crippen LogP contribution >= 0.6 is 0 Å². The lowest BCUT2D eigenvalue weighted by atomic mass is 10.1. The predicted molar refractivity (Wildman–Crippen MR) is 71.6 cm³/mol. The SMILES string of the molecule is CC(C)(O)CN1CCN(C(=O)Cc2ccn[nH]2)CC1. The Morgan fingerprint density at radius 1 is 1.42 bits per heavy atom. The van der Waals surface area contributed by atoms with Crippen LogP contribution in [0, 0.1) is 0 Å². The molecule has 0 aliphatic carbocycles. The van der Waals surface area contributed by atoms with Crippen molar-refractivity contribution in [2.24, 2.45) is 0 Å². The normalized spacial score (nSPS) is 17.7. The van der Waals surface area contributed by atoms with Crippen LogP contribution in [-0.2, 0) is 11.2 Å². The van der Waals surface area contributed by atoms with Gasteiger partial charge in [-0.2, -0.15) is 5.10 Å². The van der Waals surface area contributed by atoms with Gasteiger partial charge >= 0.3 is 0 Å². The molecule has 0 aromatic carbocycles. The molecular weight excluding hydrogens is 244 g/mol. The first-order valence-corrected chi connectivity index (χ1v) is 6.65. The maximum atomic E-state index is 12.1. The molecule has 1 aromatic heterocycles. The Labute approximate surface area is 113 Å². The number of piperazine rings is 1. The summed E-state index contributed by atoms with van der Waals surface area (Å²) >= 11 is 0. The monoisotopic (exact) mass is 266 g/mol. The third-order valence-electron chi connectivity index (χ3n) is 3.24. The molecule has 2 rings (SSSR count). The first-order chi connectivity index (χ1) is 8.94. The first kappa shape index (κ1) is 14.0.